The lowest BCUT2D eigenvalue weighted by atomic mass is 9.83. The third kappa shape index (κ3) is 2.34. The van der Waals surface area contributed by atoms with Crippen LogP contribution in [0.1, 0.15) is 31.4 Å². The number of nitrogens with one attached hydrogen (secondary N) is 1. The SMILES string of the molecule is CC1(c2n[nH]c(CCN)n2)CCSCC1. The number of hydrogen-bond donors (Lipinski definition) is 2. The van der Waals surface area contributed by atoms with Crippen LogP contribution < -0.4 is 5.73 Å². The van der Waals surface area contributed by atoms with Gasteiger partial charge in [-0.3, -0.25) is 5.10 Å². The summed E-state index contributed by atoms with van der Waals surface area (Å²) in [5, 5.41) is 7.31. The predicted octanol–water partition coefficient (Wildman–Crippen LogP) is 1.09. The molecule has 1 saturated heterocycles. The molecule has 2 heterocycles. The average molecular weight is 226 g/mol. The van der Waals surface area contributed by atoms with E-state index in [1.54, 1.807) is 0 Å². The van der Waals surface area contributed by atoms with Crippen molar-refractivity contribution < 1.29 is 0 Å². The summed E-state index contributed by atoms with van der Waals surface area (Å²) in [5.74, 6) is 4.34. The molecule has 1 aliphatic rings. The highest BCUT2D eigenvalue weighted by atomic mass is 32.2. The average Bonchev–Trinajstić information content (AvgIpc) is 2.69. The monoisotopic (exact) mass is 226 g/mol. The van der Waals surface area contributed by atoms with Crippen molar-refractivity contribution in [3.8, 4) is 0 Å². The number of aromatic amines is 1. The zero-order valence-electron chi connectivity index (χ0n) is 9.12. The lowest BCUT2D eigenvalue weighted by molar-refractivity contribution is 0.411. The van der Waals surface area contributed by atoms with Crippen LogP contribution >= 0.6 is 11.8 Å². The fourth-order valence-corrected chi connectivity index (χ4v) is 3.25. The van der Waals surface area contributed by atoms with Gasteiger partial charge in [0.15, 0.2) is 5.82 Å². The highest BCUT2D eigenvalue weighted by Gasteiger charge is 2.32. The molecule has 0 atom stereocenters. The molecule has 1 aromatic rings. The molecule has 3 N–H and O–H groups in total. The third-order valence-corrected chi connectivity index (χ3v) is 4.03. The Hall–Kier alpha value is -0.550. The first kappa shape index (κ1) is 11.0. The number of rotatable bonds is 3. The highest BCUT2D eigenvalue weighted by Crippen LogP contribution is 2.35. The maximum atomic E-state index is 5.49. The van der Waals surface area contributed by atoms with Crippen LogP contribution in [0.5, 0.6) is 0 Å². The fraction of sp³-hybridized carbons (Fsp3) is 0.800. The van der Waals surface area contributed by atoms with Gasteiger partial charge >= 0.3 is 0 Å². The van der Waals surface area contributed by atoms with Crippen LogP contribution in [0.3, 0.4) is 0 Å². The van der Waals surface area contributed by atoms with Crippen LogP contribution in [-0.4, -0.2) is 33.2 Å². The quantitative estimate of drug-likeness (QED) is 0.809. The summed E-state index contributed by atoms with van der Waals surface area (Å²) in [7, 11) is 0. The molecule has 0 bridgehead atoms. The van der Waals surface area contributed by atoms with E-state index in [2.05, 4.69) is 22.1 Å². The van der Waals surface area contributed by atoms with Crippen LogP contribution in [-0.2, 0) is 11.8 Å². The van der Waals surface area contributed by atoms with E-state index in [9.17, 15) is 0 Å². The second kappa shape index (κ2) is 4.53. The number of nitrogens with two attached hydrogens (primary N) is 1. The van der Waals surface area contributed by atoms with Gasteiger partial charge in [-0.2, -0.15) is 16.9 Å². The normalized spacial score (nSPS) is 20.4. The number of H-pyrrole nitrogens is 1. The summed E-state index contributed by atoms with van der Waals surface area (Å²) in [4.78, 5) is 4.54. The van der Waals surface area contributed by atoms with E-state index in [0.717, 1.165) is 18.1 Å². The molecule has 84 valence electrons. The molecule has 4 nitrogen and oxygen atoms in total. The van der Waals surface area contributed by atoms with Gasteiger partial charge in [0.1, 0.15) is 5.82 Å². The van der Waals surface area contributed by atoms with Gasteiger partial charge in [0.25, 0.3) is 0 Å². The van der Waals surface area contributed by atoms with Crippen LogP contribution in [0.2, 0.25) is 0 Å². The number of hydrogen-bond acceptors (Lipinski definition) is 4. The van der Waals surface area contributed by atoms with Crippen LogP contribution in [0.15, 0.2) is 0 Å². The minimum atomic E-state index is 0.175. The molecular weight excluding hydrogens is 208 g/mol. The van der Waals surface area contributed by atoms with Crippen molar-refractivity contribution in [1.82, 2.24) is 15.2 Å². The Balaban J connectivity index is 2.12. The zero-order chi connectivity index (χ0) is 10.7. The summed E-state index contributed by atoms with van der Waals surface area (Å²) in [6.07, 6.45) is 3.15. The van der Waals surface area contributed by atoms with Gasteiger partial charge in [-0.25, -0.2) is 4.98 Å². The Morgan fingerprint density at radius 2 is 2.20 bits per heavy atom. The molecule has 0 aliphatic carbocycles. The molecule has 1 aliphatic heterocycles. The lowest BCUT2D eigenvalue weighted by Crippen LogP contribution is -2.28. The number of nitrogens with zero attached hydrogens (tertiary/aromatic N) is 2. The van der Waals surface area contributed by atoms with E-state index in [-0.39, 0.29) is 5.41 Å². The van der Waals surface area contributed by atoms with E-state index in [0.29, 0.717) is 6.54 Å². The highest BCUT2D eigenvalue weighted by molar-refractivity contribution is 7.99. The smallest absolute Gasteiger partial charge is 0.156 e. The molecule has 0 aromatic carbocycles. The molecule has 15 heavy (non-hydrogen) atoms. The van der Waals surface area contributed by atoms with Crippen molar-refractivity contribution in [3.63, 3.8) is 0 Å². The fourth-order valence-electron chi connectivity index (χ4n) is 1.86. The minimum Gasteiger partial charge on any atom is -0.330 e. The molecule has 1 fully saturated rings. The molecule has 0 unspecified atom stereocenters. The van der Waals surface area contributed by atoms with Gasteiger partial charge in [-0.1, -0.05) is 6.92 Å². The van der Waals surface area contributed by atoms with Crippen molar-refractivity contribution in [1.29, 1.82) is 0 Å². The minimum absolute atomic E-state index is 0.175. The first-order valence-corrected chi connectivity index (χ1v) is 6.60. The van der Waals surface area contributed by atoms with Crippen molar-refractivity contribution in [3.05, 3.63) is 11.6 Å². The molecule has 0 amide bonds. The van der Waals surface area contributed by atoms with Gasteiger partial charge in [0.05, 0.1) is 0 Å². The Morgan fingerprint density at radius 1 is 1.47 bits per heavy atom. The van der Waals surface area contributed by atoms with E-state index in [4.69, 9.17) is 5.73 Å². The van der Waals surface area contributed by atoms with Gasteiger partial charge in [0, 0.05) is 11.8 Å². The Morgan fingerprint density at radius 3 is 2.87 bits per heavy atom. The van der Waals surface area contributed by atoms with Crippen molar-refractivity contribution in [2.24, 2.45) is 5.73 Å². The molecular formula is C10H18N4S. The standard InChI is InChI=1S/C10H18N4S/c1-10(3-6-15-7-4-10)9-12-8(2-5-11)13-14-9/h2-7,11H2,1H3,(H,12,13,14). The second-order valence-corrected chi connectivity index (χ2v) is 5.54. The van der Waals surface area contributed by atoms with E-state index < -0.39 is 0 Å². The van der Waals surface area contributed by atoms with Gasteiger partial charge in [-0.15, -0.1) is 0 Å². The maximum Gasteiger partial charge on any atom is 0.156 e. The van der Waals surface area contributed by atoms with Gasteiger partial charge in [-0.05, 0) is 30.9 Å². The van der Waals surface area contributed by atoms with E-state index in [1.807, 2.05) is 11.8 Å². The summed E-state index contributed by atoms with van der Waals surface area (Å²) in [6, 6.07) is 0. The topological polar surface area (TPSA) is 67.6 Å². The first-order chi connectivity index (χ1) is 7.24. The van der Waals surface area contributed by atoms with Crippen molar-refractivity contribution in [2.75, 3.05) is 18.1 Å². The largest absolute Gasteiger partial charge is 0.330 e. The van der Waals surface area contributed by atoms with Crippen molar-refractivity contribution >= 4 is 11.8 Å². The summed E-state index contributed by atoms with van der Waals surface area (Å²) < 4.78 is 0. The van der Waals surface area contributed by atoms with Crippen LogP contribution in [0, 0.1) is 0 Å². The third-order valence-electron chi connectivity index (χ3n) is 3.05. The summed E-state index contributed by atoms with van der Waals surface area (Å²) >= 11 is 2.02. The second-order valence-electron chi connectivity index (χ2n) is 4.32. The van der Waals surface area contributed by atoms with E-state index >= 15 is 0 Å². The number of aromatic nitrogens is 3. The molecule has 0 spiro atoms. The van der Waals surface area contributed by atoms with Crippen LogP contribution in [0.4, 0.5) is 0 Å². The van der Waals surface area contributed by atoms with Gasteiger partial charge < -0.3 is 5.73 Å². The predicted molar refractivity (Wildman–Crippen MR) is 63.1 cm³/mol. The molecule has 0 saturated carbocycles. The Bertz CT molecular complexity index is 317. The Labute approximate surface area is 94.4 Å². The van der Waals surface area contributed by atoms with E-state index in [1.165, 1.54) is 24.3 Å². The summed E-state index contributed by atoms with van der Waals surface area (Å²) in [5.41, 5.74) is 5.67. The lowest BCUT2D eigenvalue weighted by Gasteiger charge is -2.30. The Kier molecular flexibility index (Phi) is 3.31. The molecule has 2 rings (SSSR count). The molecule has 0 radical (unpaired) electrons. The zero-order valence-corrected chi connectivity index (χ0v) is 9.94. The molecule has 1 aromatic heterocycles. The first-order valence-electron chi connectivity index (χ1n) is 5.44. The number of thioether (sulfide) groups is 1. The van der Waals surface area contributed by atoms with Crippen molar-refractivity contribution in [2.45, 2.75) is 31.6 Å². The van der Waals surface area contributed by atoms with Crippen LogP contribution in [0.25, 0.3) is 0 Å². The maximum absolute atomic E-state index is 5.49. The molecule has 5 heteroatoms. The van der Waals surface area contributed by atoms with Gasteiger partial charge in [0.2, 0.25) is 0 Å². The summed E-state index contributed by atoms with van der Waals surface area (Å²) in [6.45, 7) is 2.89.